The minimum atomic E-state index is -0.670. The molecular weight excluding hydrogens is 343 g/mol. The zero-order valence-electron chi connectivity index (χ0n) is 13.5. The van der Waals surface area contributed by atoms with Crippen molar-refractivity contribution < 1.29 is 14.0 Å². The van der Waals surface area contributed by atoms with Crippen LogP contribution in [-0.4, -0.2) is 11.8 Å². The smallest absolute Gasteiger partial charge is 0.249 e. The maximum atomic E-state index is 13.6. The van der Waals surface area contributed by atoms with Crippen molar-refractivity contribution in [2.75, 3.05) is 0 Å². The quantitative estimate of drug-likeness (QED) is 0.822. The average molecular weight is 361 g/mol. The Balaban J connectivity index is 1.63. The van der Waals surface area contributed by atoms with Crippen molar-refractivity contribution in [1.29, 1.82) is 0 Å². The first-order chi connectivity index (χ1) is 12.0. The van der Waals surface area contributed by atoms with Crippen molar-refractivity contribution in [3.63, 3.8) is 0 Å². The molecule has 0 saturated heterocycles. The van der Waals surface area contributed by atoms with Crippen LogP contribution in [0.15, 0.2) is 48.5 Å². The molecule has 0 radical (unpaired) electrons. The molecule has 3 rings (SSSR count). The first-order valence-electron chi connectivity index (χ1n) is 8.10. The van der Waals surface area contributed by atoms with Gasteiger partial charge in [0.15, 0.2) is 0 Å². The number of hydrogen-bond acceptors (Lipinski definition) is 2. The van der Waals surface area contributed by atoms with E-state index in [1.54, 1.807) is 24.3 Å². The Labute approximate surface area is 150 Å². The predicted octanol–water partition coefficient (Wildman–Crippen LogP) is 3.29. The van der Waals surface area contributed by atoms with E-state index in [1.165, 1.54) is 12.1 Å². The maximum Gasteiger partial charge on any atom is 0.249 e. The van der Waals surface area contributed by atoms with E-state index in [2.05, 4.69) is 10.9 Å². The van der Waals surface area contributed by atoms with Gasteiger partial charge < -0.3 is 0 Å². The van der Waals surface area contributed by atoms with Crippen molar-refractivity contribution in [2.24, 2.45) is 0 Å². The zero-order chi connectivity index (χ0) is 17.9. The molecule has 0 unspecified atom stereocenters. The van der Waals surface area contributed by atoms with Gasteiger partial charge in [-0.2, -0.15) is 0 Å². The van der Waals surface area contributed by atoms with Gasteiger partial charge in [-0.1, -0.05) is 48.4 Å². The number of carbonyl (C=O) groups excluding carboxylic acids is 2. The number of hydrazine groups is 1. The van der Waals surface area contributed by atoms with Crippen LogP contribution in [0.3, 0.4) is 0 Å². The monoisotopic (exact) mass is 360 g/mol. The number of hydrogen-bond donors (Lipinski definition) is 2. The van der Waals surface area contributed by atoms with E-state index in [0.29, 0.717) is 17.9 Å². The summed E-state index contributed by atoms with van der Waals surface area (Å²) in [6.07, 6.45) is 2.19. The Hall–Kier alpha value is -2.40. The van der Waals surface area contributed by atoms with E-state index in [0.717, 1.165) is 12.0 Å². The fourth-order valence-electron chi connectivity index (χ4n) is 3.07. The summed E-state index contributed by atoms with van der Waals surface area (Å²) < 4.78 is 13.6. The SMILES string of the molecule is O=C(Cc1ccccc1F)NNC(=O)C1(c2cccc(Cl)c2)CCC1. The minimum absolute atomic E-state index is 0.142. The first kappa shape index (κ1) is 17.4. The highest BCUT2D eigenvalue weighted by Gasteiger charge is 2.45. The molecule has 2 aromatic carbocycles. The van der Waals surface area contributed by atoms with Gasteiger partial charge in [-0.25, -0.2) is 4.39 Å². The zero-order valence-corrected chi connectivity index (χ0v) is 14.3. The number of carbonyl (C=O) groups is 2. The topological polar surface area (TPSA) is 58.2 Å². The third-order valence-electron chi connectivity index (χ3n) is 4.64. The highest BCUT2D eigenvalue weighted by molar-refractivity contribution is 6.30. The summed E-state index contributed by atoms with van der Waals surface area (Å²) in [6.45, 7) is 0. The fourth-order valence-corrected chi connectivity index (χ4v) is 3.26. The predicted molar refractivity (Wildman–Crippen MR) is 93.4 cm³/mol. The van der Waals surface area contributed by atoms with Crippen molar-refractivity contribution >= 4 is 23.4 Å². The summed E-state index contributed by atoms with van der Waals surface area (Å²) in [5.41, 5.74) is 5.31. The standard InChI is InChI=1S/C19H18ClFN2O2/c20-15-7-3-6-14(12-15)19(9-4-10-19)18(25)23-22-17(24)11-13-5-1-2-8-16(13)21/h1-3,5-8,12H,4,9-11H2,(H,22,24)(H,23,25). The van der Waals surface area contributed by atoms with Crippen LogP contribution in [0.2, 0.25) is 5.02 Å². The molecule has 0 aromatic heterocycles. The summed E-state index contributed by atoms with van der Waals surface area (Å²) in [6, 6.07) is 13.3. The first-order valence-corrected chi connectivity index (χ1v) is 8.48. The van der Waals surface area contributed by atoms with Crippen LogP contribution in [0.4, 0.5) is 4.39 Å². The molecule has 2 aromatic rings. The van der Waals surface area contributed by atoms with E-state index in [-0.39, 0.29) is 17.9 Å². The Morgan fingerprint density at radius 3 is 2.48 bits per heavy atom. The lowest BCUT2D eigenvalue weighted by molar-refractivity contribution is -0.134. The molecule has 0 heterocycles. The van der Waals surface area contributed by atoms with Gasteiger partial charge in [-0.3, -0.25) is 20.4 Å². The minimum Gasteiger partial charge on any atom is -0.273 e. The second kappa shape index (κ2) is 7.23. The summed E-state index contributed by atoms with van der Waals surface area (Å²) in [4.78, 5) is 24.6. The van der Waals surface area contributed by atoms with Crippen molar-refractivity contribution in [2.45, 2.75) is 31.1 Å². The van der Waals surface area contributed by atoms with E-state index < -0.39 is 17.1 Å². The van der Waals surface area contributed by atoms with Crippen molar-refractivity contribution in [1.82, 2.24) is 10.9 Å². The summed E-state index contributed by atoms with van der Waals surface area (Å²) >= 11 is 6.03. The van der Waals surface area contributed by atoms with Gasteiger partial charge in [-0.05, 0) is 42.2 Å². The van der Waals surface area contributed by atoms with Crippen LogP contribution in [0.25, 0.3) is 0 Å². The van der Waals surface area contributed by atoms with Crippen molar-refractivity contribution in [3.8, 4) is 0 Å². The van der Waals surface area contributed by atoms with E-state index in [9.17, 15) is 14.0 Å². The number of amides is 2. The Bertz CT molecular complexity index is 806. The molecular formula is C19H18ClFN2O2. The van der Waals surface area contributed by atoms with Gasteiger partial charge in [0.2, 0.25) is 11.8 Å². The molecule has 1 aliphatic carbocycles. The van der Waals surface area contributed by atoms with Gasteiger partial charge in [0, 0.05) is 5.02 Å². The van der Waals surface area contributed by atoms with Crippen LogP contribution in [-0.2, 0) is 21.4 Å². The largest absolute Gasteiger partial charge is 0.273 e. The molecule has 130 valence electrons. The summed E-state index contributed by atoms with van der Waals surface area (Å²) in [5.74, 6) is -1.19. The van der Waals surface area contributed by atoms with E-state index >= 15 is 0 Å². The Morgan fingerprint density at radius 1 is 1.08 bits per heavy atom. The molecule has 0 aliphatic heterocycles. The molecule has 1 aliphatic rings. The Kier molecular flexibility index (Phi) is 5.04. The molecule has 0 atom stereocenters. The molecule has 2 N–H and O–H groups in total. The van der Waals surface area contributed by atoms with Gasteiger partial charge in [0.1, 0.15) is 5.82 Å². The van der Waals surface area contributed by atoms with Crippen LogP contribution in [0, 0.1) is 5.82 Å². The molecule has 4 nitrogen and oxygen atoms in total. The molecule has 1 fully saturated rings. The molecule has 6 heteroatoms. The number of halogens is 2. The van der Waals surface area contributed by atoms with Gasteiger partial charge in [0.05, 0.1) is 11.8 Å². The van der Waals surface area contributed by atoms with Gasteiger partial charge in [-0.15, -0.1) is 0 Å². The number of rotatable bonds is 4. The second-order valence-electron chi connectivity index (χ2n) is 6.22. The van der Waals surface area contributed by atoms with Gasteiger partial charge >= 0.3 is 0 Å². The maximum absolute atomic E-state index is 13.6. The lowest BCUT2D eigenvalue weighted by Crippen LogP contribution is -2.54. The lowest BCUT2D eigenvalue weighted by Gasteiger charge is -2.40. The second-order valence-corrected chi connectivity index (χ2v) is 6.65. The van der Waals surface area contributed by atoms with Crippen LogP contribution in [0.5, 0.6) is 0 Å². The van der Waals surface area contributed by atoms with E-state index in [1.807, 2.05) is 12.1 Å². The summed E-state index contributed by atoms with van der Waals surface area (Å²) in [7, 11) is 0. The average Bonchev–Trinajstić information content (AvgIpc) is 2.54. The van der Waals surface area contributed by atoms with Crippen LogP contribution >= 0.6 is 11.6 Å². The highest BCUT2D eigenvalue weighted by Crippen LogP contribution is 2.44. The normalized spacial score (nSPS) is 15.1. The lowest BCUT2D eigenvalue weighted by atomic mass is 9.64. The Morgan fingerprint density at radius 2 is 1.84 bits per heavy atom. The van der Waals surface area contributed by atoms with Crippen molar-refractivity contribution in [3.05, 3.63) is 70.5 Å². The fraction of sp³-hybridized carbons (Fsp3) is 0.263. The number of nitrogens with one attached hydrogen (secondary N) is 2. The van der Waals surface area contributed by atoms with Crippen LogP contribution in [0.1, 0.15) is 30.4 Å². The molecule has 2 amide bonds. The summed E-state index contributed by atoms with van der Waals surface area (Å²) in [5, 5.41) is 0.570. The third kappa shape index (κ3) is 3.66. The third-order valence-corrected chi connectivity index (χ3v) is 4.88. The number of benzene rings is 2. The highest BCUT2D eigenvalue weighted by atomic mass is 35.5. The molecule has 0 bridgehead atoms. The van der Waals surface area contributed by atoms with E-state index in [4.69, 9.17) is 11.6 Å². The van der Waals surface area contributed by atoms with Gasteiger partial charge in [0.25, 0.3) is 0 Å². The molecule has 25 heavy (non-hydrogen) atoms. The molecule has 1 saturated carbocycles. The van der Waals surface area contributed by atoms with Crippen LogP contribution < -0.4 is 10.9 Å². The molecule has 0 spiro atoms.